The molecule has 1 aliphatic heterocycles. The summed E-state index contributed by atoms with van der Waals surface area (Å²) in [6.45, 7) is 10.3. The van der Waals surface area contributed by atoms with Gasteiger partial charge < -0.3 is 19.4 Å². The number of halogens is 1. The molecule has 0 aliphatic carbocycles. The topological polar surface area (TPSA) is 114 Å². The lowest BCUT2D eigenvalue weighted by atomic mass is 10.1. The van der Waals surface area contributed by atoms with E-state index in [1.54, 1.807) is 4.98 Å². The summed E-state index contributed by atoms with van der Waals surface area (Å²) in [5, 5.41) is 20.3. The molecule has 1 aromatic rings. The van der Waals surface area contributed by atoms with Gasteiger partial charge in [0.15, 0.2) is 14.5 Å². The molecule has 142 valence electrons. The maximum Gasteiger partial charge on any atom is 0.330 e. The highest BCUT2D eigenvalue weighted by molar-refractivity contribution is 6.74. The number of hydrogen-bond donors (Lipinski definition) is 3. The van der Waals surface area contributed by atoms with E-state index in [2.05, 4.69) is 20.8 Å². The van der Waals surface area contributed by atoms with Crippen molar-refractivity contribution >= 4 is 8.32 Å². The number of hydrogen-bond acceptors (Lipinski definition) is 6. The monoisotopic (exact) mass is 376 g/mol. The molecule has 0 spiro atoms. The standard InChI is InChI=1S/C15H25FN2O6Si/c1-15(2,3)25(4,5)23-7-9-10(19)11(20)13(24-9)18-6-8(16)12(21)17-14(18)22/h6,9-11,13,19-20H,7H2,1-5H3,(H,17,21,22)/t9-,10?,11?,13-/m0/s1. The van der Waals surface area contributed by atoms with Gasteiger partial charge in [0.05, 0.1) is 12.8 Å². The Morgan fingerprint density at radius 3 is 2.48 bits per heavy atom. The van der Waals surface area contributed by atoms with Crippen molar-refractivity contribution in [1.82, 2.24) is 9.55 Å². The van der Waals surface area contributed by atoms with Gasteiger partial charge in [-0.05, 0) is 18.1 Å². The minimum absolute atomic E-state index is 0.0335. The zero-order chi connectivity index (χ0) is 19.2. The highest BCUT2D eigenvalue weighted by atomic mass is 28.4. The zero-order valence-electron chi connectivity index (χ0n) is 14.9. The van der Waals surface area contributed by atoms with Gasteiger partial charge in [-0.3, -0.25) is 14.3 Å². The fourth-order valence-corrected chi connectivity index (χ4v) is 3.27. The molecule has 4 atom stereocenters. The predicted octanol–water partition coefficient (Wildman–Crippen LogP) is 0.317. The summed E-state index contributed by atoms with van der Waals surface area (Å²) >= 11 is 0. The molecule has 0 radical (unpaired) electrons. The van der Waals surface area contributed by atoms with E-state index in [0.717, 1.165) is 4.57 Å². The molecule has 8 nitrogen and oxygen atoms in total. The van der Waals surface area contributed by atoms with E-state index in [4.69, 9.17) is 9.16 Å². The lowest BCUT2D eigenvalue weighted by Gasteiger charge is -2.37. The van der Waals surface area contributed by atoms with E-state index in [0.29, 0.717) is 6.20 Å². The van der Waals surface area contributed by atoms with Gasteiger partial charge >= 0.3 is 5.69 Å². The van der Waals surface area contributed by atoms with Gasteiger partial charge in [0.1, 0.15) is 18.3 Å². The van der Waals surface area contributed by atoms with Gasteiger partial charge in [-0.15, -0.1) is 0 Å². The summed E-state index contributed by atoms with van der Waals surface area (Å²) in [5.74, 6) is -1.19. The SMILES string of the molecule is CC(C)(C)[Si](C)(C)OC[C@@H]1O[C@H](n2cc(F)c(=O)[nH]c2=O)C(O)C1O. The van der Waals surface area contributed by atoms with Crippen molar-refractivity contribution < 1.29 is 23.8 Å². The number of nitrogens with zero attached hydrogens (tertiary/aromatic N) is 1. The minimum atomic E-state index is -2.10. The molecular weight excluding hydrogens is 351 g/mol. The highest BCUT2D eigenvalue weighted by Gasteiger charge is 2.46. The minimum Gasteiger partial charge on any atom is -0.414 e. The Labute approximate surface area is 145 Å². The van der Waals surface area contributed by atoms with Crippen LogP contribution in [0.1, 0.15) is 27.0 Å². The number of ether oxygens (including phenoxy) is 1. The molecular formula is C15H25FN2O6Si. The molecule has 0 aromatic carbocycles. The maximum atomic E-state index is 13.4. The molecule has 1 saturated heterocycles. The molecule has 1 fully saturated rings. The Balaban J connectivity index is 2.18. The van der Waals surface area contributed by atoms with E-state index >= 15 is 0 Å². The third-order valence-corrected chi connectivity index (χ3v) is 9.45. The molecule has 0 saturated carbocycles. The largest absolute Gasteiger partial charge is 0.414 e. The summed E-state index contributed by atoms with van der Waals surface area (Å²) in [5.41, 5.74) is -2.10. The van der Waals surface area contributed by atoms with Gasteiger partial charge in [0.2, 0.25) is 5.82 Å². The second kappa shape index (κ2) is 6.76. The van der Waals surface area contributed by atoms with E-state index in [1.165, 1.54) is 0 Å². The van der Waals surface area contributed by atoms with Crippen LogP contribution < -0.4 is 11.2 Å². The quantitative estimate of drug-likeness (QED) is 0.652. The fraction of sp³-hybridized carbons (Fsp3) is 0.733. The van der Waals surface area contributed by atoms with E-state index in [-0.39, 0.29) is 11.6 Å². The Bertz CT molecular complexity index is 741. The Morgan fingerprint density at radius 1 is 1.32 bits per heavy atom. The van der Waals surface area contributed by atoms with Crippen LogP contribution in [0.4, 0.5) is 4.39 Å². The molecule has 0 amide bonds. The maximum absolute atomic E-state index is 13.4. The highest BCUT2D eigenvalue weighted by Crippen LogP contribution is 2.37. The number of nitrogens with one attached hydrogen (secondary N) is 1. The van der Waals surface area contributed by atoms with Crippen molar-refractivity contribution in [2.45, 2.75) is 63.4 Å². The van der Waals surface area contributed by atoms with Gasteiger partial charge in [-0.25, -0.2) is 4.79 Å². The van der Waals surface area contributed by atoms with Crippen molar-refractivity contribution in [2.75, 3.05) is 6.61 Å². The predicted molar refractivity (Wildman–Crippen MR) is 90.4 cm³/mol. The summed E-state index contributed by atoms with van der Waals surface area (Å²) in [4.78, 5) is 24.7. The van der Waals surface area contributed by atoms with Gasteiger partial charge in [0.25, 0.3) is 5.56 Å². The molecule has 2 rings (SSSR count). The van der Waals surface area contributed by atoms with Gasteiger partial charge in [-0.1, -0.05) is 20.8 Å². The summed E-state index contributed by atoms with van der Waals surface area (Å²) in [6, 6.07) is 0. The number of aromatic nitrogens is 2. The summed E-state index contributed by atoms with van der Waals surface area (Å²) in [6.07, 6.45) is -4.32. The van der Waals surface area contributed by atoms with Crippen molar-refractivity contribution in [1.29, 1.82) is 0 Å². The number of aromatic amines is 1. The Hall–Kier alpha value is -1.33. The number of aliphatic hydroxyl groups excluding tert-OH is 2. The molecule has 2 unspecified atom stereocenters. The van der Waals surface area contributed by atoms with Crippen molar-refractivity contribution in [2.24, 2.45) is 0 Å². The molecule has 0 bridgehead atoms. The average molecular weight is 376 g/mol. The molecule has 25 heavy (non-hydrogen) atoms. The van der Waals surface area contributed by atoms with Crippen LogP contribution in [0.15, 0.2) is 15.8 Å². The van der Waals surface area contributed by atoms with E-state index in [9.17, 15) is 24.2 Å². The molecule has 1 aromatic heterocycles. The van der Waals surface area contributed by atoms with Crippen LogP contribution in [-0.2, 0) is 9.16 Å². The molecule has 1 aliphatic rings. The van der Waals surface area contributed by atoms with Crippen molar-refractivity contribution in [3.05, 3.63) is 32.9 Å². The van der Waals surface area contributed by atoms with Crippen molar-refractivity contribution in [3.63, 3.8) is 0 Å². The van der Waals surface area contributed by atoms with Gasteiger partial charge in [-0.2, -0.15) is 4.39 Å². The summed E-state index contributed by atoms with van der Waals surface area (Å²) in [7, 11) is -2.10. The second-order valence-corrected chi connectivity index (χ2v) is 12.6. The van der Waals surface area contributed by atoms with Crippen LogP contribution in [0.25, 0.3) is 0 Å². The average Bonchev–Trinajstić information content (AvgIpc) is 2.76. The van der Waals surface area contributed by atoms with Crippen LogP contribution in [0.3, 0.4) is 0 Å². The first kappa shape index (κ1) is 20.0. The Morgan fingerprint density at radius 2 is 1.92 bits per heavy atom. The van der Waals surface area contributed by atoms with Crippen LogP contribution in [-0.4, -0.2) is 53.0 Å². The van der Waals surface area contributed by atoms with Gasteiger partial charge in [0, 0.05) is 0 Å². The molecule has 10 heteroatoms. The third-order valence-electron chi connectivity index (χ3n) is 4.95. The van der Waals surface area contributed by atoms with Crippen molar-refractivity contribution in [3.8, 4) is 0 Å². The number of aliphatic hydroxyl groups is 2. The first-order valence-electron chi connectivity index (χ1n) is 8.01. The Kier molecular flexibility index (Phi) is 5.41. The van der Waals surface area contributed by atoms with Crippen LogP contribution >= 0.6 is 0 Å². The lowest BCUT2D eigenvalue weighted by Crippen LogP contribution is -2.44. The molecule has 3 N–H and O–H groups in total. The van der Waals surface area contributed by atoms with E-state index < -0.39 is 49.9 Å². The van der Waals surface area contributed by atoms with Crippen LogP contribution in [0.2, 0.25) is 18.1 Å². The van der Waals surface area contributed by atoms with Crippen LogP contribution in [0, 0.1) is 5.82 Å². The second-order valence-electron chi connectivity index (χ2n) is 7.76. The first-order chi connectivity index (χ1) is 11.3. The zero-order valence-corrected chi connectivity index (χ0v) is 15.9. The number of H-pyrrole nitrogens is 1. The lowest BCUT2D eigenvalue weighted by molar-refractivity contribution is -0.0535. The van der Waals surface area contributed by atoms with E-state index in [1.807, 2.05) is 13.1 Å². The first-order valence-corrected chi connectivity index (χ1v) is 10.9. The molecule has 2 heterocycles. The fourth-order valence-electron chi connectivity index (χ4n) is 2.25. The normalized spacial score (nSPS) is 27.7. The number of rotatable bonds is 4. The smallest absolute Gasteiger partial charge is 0.330 e. The third kappa shape index (κ3) is 3.92. The summed E-state index contributed by atoms with van der Waals surface area (Å²) < 4.78 is 25.7. The van der Waals surface area contributed by atoms with Crippen LogP contribution in [0.5, 0.6) is 0 Å².